The van der Waals surface area contributed by atoms with E-state index in [1.165, 1.54) is 77.0 Å². The van der Waals surface area contributed by atoms with E-state index in [-0.39, 0.29) is 31.1 Å². The van der Waals surface area contributed by atoms with Crippen molar-refractivity contribution in [1.82, 2.24) is 0 Å². The number of esters is 3. The summed E-state index contributed by atoms with van der Waals surface area (Å²) in [7, 11) is 0. The van der Waals surface area contributed by atoms with Crippen LogP contribution in [0.25, 0.3) is 0 Å². The maximum Gasteiger partial charge on any atom is 0.306 e. The van der Waals surface area contributed by atoms with Crippen molar-refractivity contribution in [2.75, 3.05) is 13.2 Å². The number of ether oxygens (including phenoxy) is 3. The van der Waals surface area contributed by atoms with E-state index in [1.54, 1.807) is 0 Å². The summed E-state index contributed by atoms with van der Waals surface area (Å²) in [6.07, 6.45) is 25.5. The molecule has 6 nitrogen and oxygen atoms in total. The lowest BCUT2D eigenvalue weighted by molar-refractivity contribution is -0.167. The summed E-state index contributed by atoms with van der Waals surface area (Å²) in [6, 6.07) is 0. The molecule has 0 radical (unpaired) electrons. The normalized spacial score (nSPS) is 12.7. The van der Waals surface area contributed by atoms with Crippen molar-refractivity contribution in [2.24, 2.45) is 11.8 Å². The Morgan fingerprint density at radius 3 is 1.30 bits per heavy atom. The molecule has 0 saturated heterocycles. The second-order valence-electron chi connectivity index (χ2n) is 13.6. The maximum atomic E-state index is 12.5. The van der Waals surface area contributed by atoms with Crippen LogP contribution in [0.2, 0.25) is 0 Å². The van der Waals surface area contributed by atoms with E-state index < -0.39 is 6.10 Å². The fourth-order valence-electron chi connectivity index (χ4n) is 5.31. The molecule has 0 aromatic carbocycles. The molecule has 0 aliphatic carbocycles. The third kappa shape index (κ3) is 30.4. The van der Waals surface area contributed by atoms with Gasteiger partial charge in [0.15, 0.2) is 6.10 Å². The van der Waals surface area contributed by atoms with Crippen LogP contribution in [0.4, 0.5) is 0 Å². The first-order valence-corrected chi connectivity index (χ1v) is 18.8. The summed E-state index contributed by atoms with van der Waals surface area (Å²) < 4.78 is 16.5. The molecule has 0 amide bonds. The predicted molar refractivity (Wildman–Crippen MR) is 183 cm³/mol. The summed E-state index contributed by atoms with van der Waals surface area (Å²) in [5, 5.41) is 0. The van der Waals surface area contributed by atoms with Gasteiger partial charge in [-0.15, -0.1) is 0 Å². The van der Waals surface area contributed by atoms with E-state index in [0.29, 0.717) is 19.3 Å². The SMILES string of the molecule is CCCCCCCC(=O)OC[C@@H](COC(=O)CCCCCCCCCCC(C)CC)OC(=O)CCCCCCCCC(C)C. The van der Waals surface area contributed by atoms with Crippen LogP contribution in [0.1, 0.15) is 195 Å². The smallest absolute Gasteiger partial charge is 0.306 e. The molecule has 0 N–H and O–H groups in total. The fraction of sp³-hybridized carbons (Fsp3) is 0.921. The second-order valence-corrected chi connectivity index (χ2v) is 13.6. The van der Waals surface area contributed by atoms with Gasteiger partial charge in [-0.25, -0.2) is 0 Å². The molecule has 0 bridgehead atoms. The molecular formula is C38H72O6. The van der Waals surface area contributed by atoms with Gasteiger partial charge in [0.1, 0.15) is 13.2 Å². The monoisotopic (exact) mass is 625 g/mol. The van der Waals surface area contributed by atoms with Crippen LogP contribution in [-0.2, 0) is 28.6 Å². The van der Waals surface area contributed by atoms with Crippen LogP contribution in [0.5, 0.6) is 0 Å². The zero-order valence-electron chi connectivity index (χ0n) is 29.8. The van der Waals surface area contributed by atoms with Crippen molar-refractivity contribution in [3.63, 3.8) is 0 Å². The van der Waals surface area contributed by atoms with Crippen molar-refractivity contribution in [3.8, 4) is 0 Å². The third-order valence-corrected chi connectivity index (χ3v) is 8.58. The molecule has 0 aliphatic rings. The van der Waals surface area contributed by atoms with E-state index in [1.807, 2.05) is 0 Å². The van der Waals surface area contributed by atoms with Gasteiger partial charge in [-0.2, -0.15) is 0 Å². The lowest BCUT2D eigenvalue weighted by Gasteiger charge is -2.18. The minimum absolute atomic E-state index is 0.0686. The van der Waals surface area contributed by atoms with E-state index in [4.69, 9.17) is 14.2 Å². The molecule has 0 heterocycles. The van der Waals surface area contributed by atoms with Gasteiger partial charge in [-0.1, -0.05) is 157 Å². The van der Waals surface area contributed by atoms with Crippen molar-refractivity contribution in [3.05, 3.63) is 0 Å². The molecule has 260 valence electrons. The van der Waals surface area contributed by atoms with Gasteiger partial charge in [0.2, 0.25) is 0 Å². The molecule has 0 saturated carbocycles. The molecular weight excluding hydrogens is 552 g/mol. The fourth-order valence-corrected chi connectivity index (χ4v) is 5.31. The Balaban J connectivity index is 4.29. The van der Waals surface area contributed by atoms with Crippen LogP contribution in [0.15, 0.2) is 0 Å². The molecule has 0 aromatic heterocycles. The highest BCUT2D eigenvalue weighted by Gasteiger charge is 2.19. The topological polar surface area (TPSA) is 78.9 Å². The molecule has 2 atom stereocenters. The molecule has 0 aromatic rings. The molecule has 0 fully saturated rings. The summed E-state index contributed by atoms with van der Waals surface area (Å²) in [6.45, 7) is 11.1. The minimum Gasteiger partial charge on any atom is -0.462 e. The van der Waals surface area contributed by atoms with E-state index in [0.717, 1.165) is 76.0 Å². The van der Waals surface area contributed by atoms with E-state index in [9.17, 15) is 14.4 Å². The number of hydrogen-bond acceptors (Lipinski definition) is 6. The Morgan fingerprint density at radius 1 is 0.477 bits per heavy atom. The summed E-state index contributed by atoms with van der Waals surface area (Å²) in [4.78, 5) is 37.1. The lowest BCUT2D eigenvalue weighted by Crippen LogP contribution is -2.30. The van der Waals surface area contributed by atoms with Gasteiger partial charge in [-0.05, 0) is 31.1 Å². The molecule has 0 rings (SSSR count). The number of unbranched alkanes of at least 4 members (excludes halogenated alkanes) is 16. The summed E-state index contributed by atoms with van der Waals surface area (Å²) in [5.41, 5.74) is 0. The Kier molecular flexibility index (Phi) is 30.3. The van der Waals surface area contributed by atoms with Crippen molar-refractivity contribution >= 4 is 17.9 Å². The Labute approximate surface area is 272 Å². The number of hydrogen-bond donors (Lipinski definition) is 0. The van der Waals surface area contributed by atoms with Crippen molar-refractivity contribution < 1.29 is 28.6 Å². The zero-order chi connectivity index (χ0) is 32.7. The first-order valence-electron chi connectivity index (χ1n) is 18.8. The average molecular weight is 625 g/mol. The van der Waals surface area contributed by atoms with Crippen molar-refractivity contribution in [1.29, 1.82) is 0 Å². The van der Waals surface area contributed by atoms with E-state index >= 15 is 0 Å². The maximum absolute atomic E-state index is 12.5. The van der Waals surface area contributed by atoms with Gasteiger partial charge >= 0.3 is 17.9 Å². The van der Waals surface area contributed by atoms with Crippen LogP contribution in [-0.4, -0.2) is 37.2 Å². The number of rotatable bonds is 32. The van der Waals surface area contributed by atoms with Crippen LogP contribution in [0.3, 0.4) is 0 Å². The van der Waals surface area contributed by atoms with Gasteiger partial charge in [0, 0.05) is 19.3 Å². The molecule has 1 unspecified atom stereocenters. The molecule has 44 heavy (non-hydrogen) atoms. The largest absolute Gasteiger partial charge is 0.462 e. The second kappa shape index (κ2) is 31.4. The van der Waals surface area contributed by atoms with Gasteiger partial charge in [0.25, 0.3) is 0 Å². The third-order valence-electron chi connectivity index (χ3n) is 8.58. The average Bonchev–Trinajstić information content (AvgIpc) is 3.00. The van der Waals surface area contributed by atoms with Gasteiger partial charge in [-0.3, -0.25) is 14.4 Å². The highest BCUT2D eigenvalue weighted by atomic mass is 16.6. The highest BCUT2D eigenvalue weighted by molar-refractivity contribution is 5.71. The predicted octanol–water partition coefficient (Wildman–Crippen LogP) is 11.1. The zero-order valence-corrected chi connectivity index (χ0v) is 29.8. The summed E-state index contributed by atoms with van der Waals surface area (Å²) in [5.74, 6) is 0.719. The Hall–Kier alpha value is -1.59. The standard InChI is InChI=1S/C38H72O6/c1-6-8-9-16-23-28-36(39)42-31-35(44-38(41)30-25-20-15-14-17-21-26-33(3)4)32-43-37(40)29-24-19-13-11-10-12-18-22-27-34(5)7-2/h33-35H,6-32H2,1-5H3/t34?,35-/m0/s1. The first kappa shape index (κ1) is 42.4. The lowest BCUT2D eigenvalue weighted by atomic mass is 9.99. The Bertz CT molecular complexity index is 676. The van der Waals surface area contributed by atoms with E-state index in [2.05, 4.69) is 34.6 Å². The molecule has 0 spiro atoms. The minimum atomic E-state index is -0.758. The molecule has 0 aliphatic heterocycles. The van der Waals surface area contributed by atoms with Gasteiger partial charge in [0.05, 0.1) is 0 Å². The quantitative estimate of drug-likeness (QED) is 0.0421. The Morgan fingerprint density at radius 2 is 0.864 bits per heavy atom. The molecule has 6 heteroatoms. The summed E-state index contributed by atoms with van der Waals surface area (Å²) >= 11 is 0. The highest BCUT2D eigenvalue weighted by Crippen LogP contribution is 2.16. The number of carbonyl (C=O) groups is 3. The number of carbonyl (C=O) groups excluding carboxylic acids is 3. The first-order chi connectivity index (χ1) is 21.3. The van der Waals surface area contributed by atoms with Crippen LogP contribution < -0.4 is 0 Å². The van der Waals surface area contributed by atoms with Crippen LogP contribution in [0, 0.1) is 11.8 Å². The van der Waals surface area contributed by atoms with Gasteiger partial charge < -0.3 is 14.2 Å². The van der Waals surface area contributed by atoms with Crippen LogP contribution >= 0.6 is 0 Å². The van der Waals surface area contributed by atoms with Crippen molar-refractivity contribution in [2.45, 2.75) is 201 Å².